The average molecular weight is 126 g/mol. The van der Waals surface area contributed by atoms with E-state index in [1.165, 1.54) is 0 Å². The van der Waals surface area contributed by atoms with E-state index in [1.807, 2.05) is 0 Å². The summed E-state index contributed by atoms with van der Waals surface area (Å²) in [4.78, 5) is 8.25. The van der Waals surface area contributed by atoms with E-state index in [2.05, 4.69) is 0 Å². The summed E-state index contributed by atoms with van der Waals surface area (Å²) in [6.07, 6.45) is 0. The van der Waals surface area contributed by atoms with E-state index in [0.29, 0.717) is 0 Å². The second-order valence-electron chi connectivity index (χ2n) is 0.224. The van der Waals surface area contributed by atoms with Gasteiger partial charge in [-0.1, -0.05) is 0 Å². The predicted octanol–water partition coefficient (Wildman–Crippen LogP) is -0.242. The molecule has 0 aliphatic heterocycles. The van der Waals surface area contributed by atoms with Crippen LogP contribution in [-0.4, -0.2) is 5.09 Å². The molecular weight excluding hydrogens is 126 g/mol. The van der Waals surface area contributed by atoms with Gasteiger partial charge in [-0.3, -0.25) is 0 Å². The molecule has 0 rings (SSSR count). The number of hydrogen-bond donors (Lipinski definition) is 0. The van der Waals surface area contributed by atoms with Crippen molar-refractivity contribution in [2.75, 3.05) is 0 Å². The molecule has 0 bridgehead atoms. The van der Waals surface area contributed by atoms with E-state index in [1.54, 1.807) is 0 Å². The first kappa shape index (κ1) is 8.83. The summed E-state index contributed by atoms with van der Waals surface area (Å²) in [6, 6.07) is 0. The van der Waals surface area contributed by atoms with Gasteiger partial charge in [-0.25, -0.2) is 0 Å². The molecular formula is CuNO3-. The van der Waals surface area contributed by atoms with E-state index in [4.69, 9.17) is 15.3 Å². The van der Waals surface area contributed by atoms with Gasteiger partial charge in [0.05, 0.1) is 5.09 Å². The van der Waals surface area contributed by atoms with Crippen LogP contribution >= 0.6 is 0 Å². The van der Waals surface area contributed by atoms with E-state index < -0.39 is 5.09 Å². The minimum Gasteiger partial charge on any atom is -0.356 e. The fourth-order valence-corrected chi connectivity index (χ4v) is 0. The normalized spacial score (nSPS) is 4.80. The van der Waals surface area contributed by atoms with E-state index in [9.17, 15) is 0 Å². The van der Waals surface area contributed by atoms with Gasteiger partial charge in [-0.2, -0.15) is 0 Å². The molecule has 0 aliphatic rings. The Morgan fingerprint density at radius 2 is 1.40 bits per heavy atom. The summed E-state index contributed by atoms with van der Waals surface area (Å²) in [5.74, 6) is 0. The SMILES string of the molecule is O=[N+]([O-])[O-].[Cu]. The third kappa shape index (κ3) is 140. The molecule has 0 heterocycles. The Labute approximate surface area is 38.4 Å². The Hall–Kier alpha value is -0.281. The second kappa shape index (κ2) is 3.72. The van der Waals surface area contributed by atoms with Gasteiger partial charge >= 0.3 is 0 Å². The quantitative estimate of drug-likeness (QED) is 0.255. The first-order valence-electron chi connectivity index (χ1n) is 0.548. The van der Waals surface area contributed by atoms with Gasteiger partial charge in [0.1, 0.15) is 0 Å². The van der Waals surface area contributed by atoms with Crippen molar-refractivity contribution in [1.29, 1.82) is 0 Å². The van der Waals surface area contributed by atoms with Crippen LogP contribution in [0.5, 0.6) is 0 Å². The topological polar surface area (TPSA) is 66.2 Å². The van der Waals surface area contributed by atoms with Crippen LogP contribution in [-0.2, 0) is 17.1 Å². The van der Waals surface area contributed by atoms with Crippen LogP contribution in [0.2, 0.25) is 0 Å². The van der Waals surface area contributed by atoms with Crippen molar-refractivity contribution in [1.82, 2.24) is 0 Å². The van der Waals surface area contributed by atoms with Crippen molar-refractivity contribution in [2.45, 2.75) is 0 Å². The fourth-order valence-electron chi connectivity index (χ4n) is 0. The van der Waals surface area contributed by atoms with Crippen LogP contribution in [0.15, 0.2) is 0 Å². The van der Waals surface area contributed by atoms with Gasteiger partial charge in [0.2, 0.25) is 0 Å². The Morgan fingerprint density at radius 3 is 1.40 bits per heavy atom. The van der Waals surface area contributed by atoms with Crippen molar-refractivity contribution in [3.63, 3.8) is 0 Å². The first-order valence-corrected chi connectivity index (χ1v) is 0.548. The van der Waals surface area contributed by atoms with Gasteiger partial charge in [-0.15, -0.1) is 0 Å². The number of hydrogen-bond acceptors (Lipinski definition) is 3. The Kier molecular flexibility index (Phi) is 6.57. The molecule has 0 aromatic rings. The maximum atomic E-state index is 8.25. The number of rotatable bonds is 0. The molecule has 0 N–H and O–H groups in total. The maximum Gasteiger partial charge on any atom is 0.0689 e. The summed E-state index contributed by atoms with van der Waals surface area (Å²) in [7, 11) is 0. The molecule has 0 unspecified atom stereocenters. The zero-order chi connectivity index (χ0) is 3.58. The van der Waals surface area contributed by atoms with Crippen LogP contribution in [0, 0.1) is 15.3 Å². The molecule has 0 spiro atoms. The molecule has 0 aromatic carbocycles. The fraction of sp³-hybridized carbons (Fsp3) is 0. The Morgan fingerprint density at radius 1 is 1.40 bits per heavy atom. The monoisotopic (exact) mass is 125 g/mol. The molecule has 5 heteroatoms. The van der Waals surface area contributed by atoms with Crippen LogP contribution < -0.4 is 0 Å². The maximum absolute atomic E-state index is 8.25. The number of nitrogens with zero attached hydrogens (tertiary/aromatic N) is 1. The zero-order valence-electron chi connectivity index (χ0n) is 1.97. The molecule has 0 amide bonds. The van der Waals surface area contributed by atoms with Crippen molar-refractivity contribution in [3.05, 3.63) is 15.3 Å². The van der Waals surface area contributed by atoms with Crippen molar-refractivity contribution < 1.29 is 22.2 Å². The molecule has 35 valence electrons. The van der Waals surface area contributed by atoms with Crippen molar-refractivity contribution >= 4 is 0 Å². The molecule has 0 atom stereocenters. The molecule has 4 nitrogen and oxygen atoms in total. The van der Waals surface area contributed by atoms with E-state index >= 15 is 0 Å². The minimum atomic E-state index is -1.75. The van der Waals surface area contributed by atoms with Crippen LogP contribution in [0.25, 0.3) is 0 Å². The second-order valence-corrected chi connectivity index (χ2v) is 0.224. The summed E-state index contributed by atoms with van der Waals surface area (Å²) in [5, 5.41) is 14.8. The van der Waals surface area contributed by atoms with E-state index in [0.717, 1.165) is 0 Å². The summed E-state index contributed by atoms with van der Waals surface area (Å²) in [5.41, 5.74) is 0. The van der Waals surface area contributed by atoms with Crippen LogP contribution in [0.4, 0.5) is 0 Å². The molecule has 1 radical (unpaired) electrons. The van der Waals surface area contributed by atoms with Gasteiger partial charge in [0.15, 0.2) is 0 Å². The molecule has 0 aliphatic carbocycles. The van der Waals surface area contributed by atoms with Gasteiger partial charge < -0.3 is 15.3 Å². The average Bonchev–Trinajstić information content (AvgIpc) is 0.811. The van der Waals surface area contributed by atoms with Gasteiger partial charge in [0.25, 0.3) is 0 Å². The van der Waals surface area contributed by atoms with Gasteiger partial charge in [-0.05, 0) is 0 Å². The Balaban J connectivity index is 0. The van der Waals surface area contributed by atoms with Crippen LogP contribution in [0.1, 0.15) is 0 Å². The standard InChI is InChI=1S/Cu.NO3/c;2-1(3)4/q;-1. The molecule has 5 heavy (non-hydrogen) atoms. The summed E-state index contributed by atoms with van der Waals surface area (Å²) < 4.78 is 0. The third-order valence-corrected chi connectivity index (χ3v) is 0. The smallest absolute Gasteiger partial charge is 0.0689 e. The summed E-state index contributed by atoms with van der Waals surface area (Å²) >= 11 is 0. The molecule has 0 aromatic heterocycles. The van der Waals surface area contributed by atoms with Crippen molar-refractivity contribution in [3.8, 4) is 0 Å². The predicted molar refractivity (Wildman–Crippen MR) is 10.4 cm³/mol. The van der Waals surface area contributed by atoms with Crippen molar-refractivity contribution in [2.24, 2.45) is 0 Å². The third-order valence-electron chi connectivity index (χ3n) is 0. The summed E-state index contributed by atoms with van der Waals surface area (Å²) in [6.45, 7) is 0. The van der Waals surface area contributed by atoms with Crippen LogP contribution in [0.3, 0.4) is 0 Å². The molecule has 0 saturated carbocycles. The molecule has 0 saturated heterocycles. The van der Waals surface area contributed by atoms with E-state index in [-0.39, 0.29) is 17.1 Å². The minimum absolute atomic E-state index is 0. The van der Waals surface area contributed by atoms with Gasteiger partial charge in [0, 0.05) is 17.1 Å². The molecule has 0 fully saturated rings. The Bertz CT molecular complexity index is 29.9. The first-order chi connectivity index (χ1) is 1.73. The largest absolute Gasteiger partial charge is 0.356 e. The zero-order valence-corrected chi connectivity index (χ0v) is 2.92.